The van der Waals surface area contributed by atoms with E-state index in [4.69, 9.17) is 21.1 Å². The Labute approximate surface area is 114 Å². The van der Waals surface area contributed by atoms with Gasteiger partial charge in [0, 0.05) is 6.42 Å². The average molecular weight is 279 g/mol. The van der Waals surface area contributed by atoms with Crippen LogP contribution in [-0.4, -0.2) is 30.5 Å². The van der Waals surface area contributed by atoms with Crippen LogP contribution in [0.25, 0.3) is 0 Å². The molecule has 0 bridgehead atoms. The number of carbonyl (C=O) groups is 2. The minimum absolute atomic E-state index is 0.0328. The molecular formula is C13H23ClO4. The zero-order chi connectivity index (χ0) is 13.8. The van der Waals surface area contributed by atoms with Gasteiger partial charge in [-0.2, -0.15) is 0 Å². The second-order valence-electron chi connectivity index (χ2n) is 4.15. The van der Waals surface area contributed by atoms with Crippen molar-refractivity contribution in [2.75, 3.05) is 12.5 Å². The van der Waals surface area contributed by atoms with Gasteiger partial charge in [-0.3, -0.25) is 9.59 Å². The lowest BCUT2D eigenvalue weighted by Crippen LogP contribution is -2.24. The molecule has 0 aliphatic heterocycles. The van der Waals surface area contributed by atoms with Crippen molar-refractivity contribution in [2.24, 2.45) is 0 Å². The van der Waals surface area contributed by atoms with Gasteiger partial charge in [-0.25, -0.2) is 0 Å². The monoisotopic (exact) mass is 278 g/mol. The van der Waals surface area contributed by atoms with E-state index in [2.05, 4.69) is 0 Å². The molecule has 0 fully saturated rings. The second kappa shape index (κ2) is 11.3. The quantitative estimate of drug-likeness (QED) is 0.350. The number of alkyl halides is 1. The Bertz CT molecular complexity index is 243. The summed E-state index contributed by atoms with van der Waals surface area (Å²) in [4.78, 5) is 22.8. The van der Waals surface area contributed by atoms with Gasteiger partial charge in [-0.05, 0) is 12.8 Å². The van der Waals surface area contributed by atoms with Crippen LogP contribution in [0.1, 0.15) is 52.4 Å². The summed E-state index contributed by atoms with van der Waals surface area (Å²) in [6.45, 7) is 4.43. The van der Waals surface area contributed by atoms with Crippen LogP contribution in [0.2, 0.25) is 0 Å². The highest BCUT2D eigenvalue weighted by Crippen LogP contribution is 2.07. The molecular weight excluding hydrogens is 256 g/mol. The third-order valence-electron chi connectivity index (χ3n) is 2.36. The van der Waals surface area contributed by atoms with E-state index in [0.29, 0.717) is 13.0 Å². The molecule has 5 heteroatoms. The van der Waals surface area contributed by atoms with E-state index in [0.717, 1.165) is 25.7 Å². The van der Waals surface area contributed by atoms with Gasteiger partial charge in [-0.1, -0.05) is 26.7 Å². The summed E-state index contributed by atoms with van der Waals surface area (Å²) in [7, 11) is 0. The van der Waals surface area contributed by atoms with Crippen molar-refractivity contribution >= 4 is 23.5 Å². The van der Waals surface area contributed by atoms with Crippen LogP contribution in [0, 0.1) is 0 Å². The molecule has 0 saturated heterocycles. The molecule has 0 radical (unpaired) electrons. The van der Waals surface area contributed by atoms with Gasteiger partial charge < -0.3 is 9.47 Å². The molecule has 18 heavy (non-hydrogen) atoms. The smallest absolute Gasteiger partial charge is 0.309 e. The molecule has 0 aliphatic rings. The lowest BCUT2D eigenvalue weighted by Gasteiger charge is -2.14. The second-order valence-corrected chi connectivity index (χ2v) is 4.46. The predicted molar refractivity (Wildman–Crippen MR) is 70.6 cm³/mol. The van der Waals surface area contributed by atoms with E-state index < -0.39 is 6.10 Å². The fourth-order valence-electron chi connectivity index (χ4n) is 1.27. The van der Waals surface area contributed by atoms with E-state index >= 15 is 0 Å². The van der Waals surface area contributed by atoms with Gasteiger partial charge in [0.05, 0.1) is 18.9 Å². The third kappa shape index (κ3) is 9.28. The molecule has 0 heterocycles. The molecule has 0 N–H and O–H groups in total. The number of unbranched alkanes of at least 4 members (excludes halogenated alkanes) is 2. The fourth-order valence-corrected chi connectivity index (χ4v) is 1.44. The molecule has 0 aromatic carbocycles. The molecule has 0 spiro atoms. The van der Waals surface area contributed by atoms with E-state index in [1.807, 2.05) is 13.8 Å². The van der Waals surface area contributed by atoms with Gasteiger partial charge in [-0.15, -0.1) is 11.6 Å². The highest BCUT2D eigenvalue weighted by Gasteiger charge is 2.18. The van der Waals surface area contributed by atoms with Gasteiger partial charge in [0.15, 0.2) is 0 Å². The summed E-state index contributed by atoms with van der Waals surface area (Å²) >= 11 is 5.67. The van der Waals surface area contributed by atoms with E-state index in [1.54, 1.807) is 0 Å². The SMILES string of the molecule is CCCCOC(=O)CC(CCl)OC(=O)CCCC. The zero-order valence-electron chi connectivity index (χ0n) is 11.2. The van der Waals surface area contributed by atoms with Crippen LogP contribution in [0.5, 0.6) is 0 Å². The van der Waals surface area contributed by atoms with Crippen LogP contribution in [0.4, 0.5) is 0 Å². The predicted octanol–water partition coefficient (Wildman–Crippen LogP) is 3.06. The molecule has 0 aliphatic carbocycles. The summed E-state index contributed by atoms with van der Waals surface area (Å²) < 4.78 is 10.1. The third-order valence-corrected chi connectivity index (χ3v) is 2.70. The van der Waals surface area contributed by atoms with Gasteiger partial charge in [0.25, 0.3) is 0 Å². The number of esters is 2. The van der Waals surface area contributed by atoms with Crippen LogP contribution in [-0.2, 0) is 19.1 Å². The molecule has 0 rings (SSSR count). The Kier molecular flexibility index (Phi) is 10.8. The molecule has 106 valence electrons. The minimum Gasteiger partial charge on any atom is -0.466 e. The Balaban J connectivity index is 3.87. The maximum Gasteiger partial charge on any atom is 0.309 e. The molecule has 1 atom stereocenters. The molecule has 4 nitrogen and oxygen atoms in total. The fraction of sp³-hybridized carbons (Fsp3) is 0.846. The Morgan fingerprint density at radius 3 is 2.33 bits per heavy atom. The Hall–Kier alpha value is -0.770. The topological polar surface area (TPSA) is 52.6 Å². The highest BCUT2D eigenvalue weighted by molar-refractivity contribution is 6.18. The number of carbonyl (C=O) groups excluding carboxylic acids is 2. The van der Waals surface area contributed by atoms with Crippen molar-refractivity contribution < 1.29 is 19.1 Å². The van der Waals surface area contributed by atoms with Crippen molar-refractivity contribution in [3.63, 3.8) is 0 Å². The minimum atomic E-state index is -0.579. The molecule has 0 aromatic rings. The summed E-state index contributed by atoms with van der Waals surface area (Å²) in [5.41, 5.74) is 0. The van der Waals surface area contributed by atoms with Gasteiger partial charge >= 0.3 is 11.9 Å². The van der Waals surface area contributed by atoms with Crippen LogP contribution in [0.15, 0.2) is 0 Å². The normalized spacial score (nSPS) is 11.9. The average Bonchev–Trinajstić information content (AvgIpc) is 2.35. The summed E-state index contributed by atoms with van der Waals surface area (Å²) in [5.74, 6) is -0.554. The Morgan fingerprint density at radius 2 is 1.78 bits per heavy atom. The first-order valence-electron chi connectivity index (χ1n) is 6.55. The molecule has 0 amide bonds. The van der Waals surface area contributed by atoms with E-state index in [1.165, 1.54) is 0 Å². The maximum absolute atomic E-state index is 11.4. The molecule has 0 aromatic heterocycles. The summed E-state index contributed by atoms with van der Waals surface area (Å²) in [6, 6.07) is 0. The van der Waals surface area contributed by atoms with Crippen molar-refractivity contribution in [3.05, 3.63) is 0 Å². The number of halogens is 1. The van der Waals surface area contributed by atoms with Crippen LogP contribution >= 0.6 is 11.6 Å². The highest BCUT2D eigenvalue weighted by atomic mass is 35.5. The largest absolute Gasteiger partial charge is 0.466 e. The van der Waals surface area contributed by atoms with Crippen molar-refractivity contribution in [2.45, 2.75) is 58.5 Å². The van der Waals surface area contributed by atoms with Crippen LogP contribution in [0.3, 0.4) is 0 Å². The Morgan fingerprint density at radius 1 is 1.11 bits per heavy atom. The first kappa shape index (κ1) is 17.2. The van der Waals surface area contributed by atoms with E-state index in [9.17, 15) is 9.59 Å². The number of hydrogen-bond acceptors (Lipinski definition) is 4. The van der Waals surface area contributed by atoms with Crippen molar-refractivity contribution in [1.29, 1.82) is 0 Å². The van der Waals surface area contributed by atoms with Crippen molar-refractivity contribution in [1.82, 2.24) is 0 Å². The van der Waals surface area contributed by atoms with E-state index in [-0.39, 0.29) is 24.2 Å². The number of hydrogen-bond donors (Lipinski definition) is 0. The lowest BCUT2D eigenvalue weighted by molar-refractivity contribution is -0.154. The first-order valence-corrected chi connectivity index (χ1v) is 7.08. The summed E-state index contributed by atoms with van der Waals surface area (Å²) in [5, 5.41) is 0. The lowest BCUT2D eigenvalue weighted by atomic mass is 10.2. The molecule has 0 saturated carbocycles. The maximum atomic E-state index is 11.4. The number of rotatable bonds is 10. The molecule has 1 unspecified atom stereocenters. The summed E-state index contributed by atoms with van der Waals surface area (Å²) in [6.07, 6.45) is 3.35. The zero-order valence-corrected chi connectivity index (χ0v) is 12.0. The van der Waals surface area contributed by atoms with Gasteiger partial charge in [0.1, 0.15) is 6.10 Å². The van der Waals surface area contributed by atoms with Gasteiger partial charge in [0.2, 0.25) is 0 Å². The number of ether oxygens (including phenoxy) is 2. The van der Waals surface area contributed by atoms with Crippen LogP contribution < -0.4 is 0 Å². The first-order chi connectivity index (χ1) is 8.63. The van der Waals surface area contributed by atoms with Crippen molar-refractivity contribution in [3.8, 4) is 0 Å². The standard InChI is InChI=1S/C13H23ClO4/c1-3-5-7-12(15)18-11(10-14)9-13(16)17-8-6-4-2/h11H,3-10H2,1-2H3.